The minimum absolute atomic E-state index is 0.217. The molecule has 0 aliphatic heterocycles. The lowest BCUT2D eigenvalue weighted by atomic mass is 9.96. The summed E-state index contributed by atoms with van der Waals surface area (Å²) in [5.41, 5.74) is 1.74. The van der Waals surface area contributed by atoms with Crippen molar-refractivity contribution in [1.29, 1.82) is 5.26 Å². The Morgan fingerprint density at radius 2 is 1.65 bits per heavy atom. The number of nitriles is 1. The molecule has 0 heterocycles. The summed E-state index contributed by atoms with van der Waals surface area (Å²) in [6.07, 6.45) is -1.17. The van der Waals surface area contributed by atoms with Crippen LogP contribution in [0.2, 0.25) is 0 Å². The summed E-state index contributed by atoms with van der Waals surface area (Å²) >= 11 is 0. The summed E-state index contributed by atoms with van der Waals surface area (Å²) in [4.78, 5) is 35.5. The molecule has 2 N–H and O–H groups in total. The maximum atomic E-state index is 12.5. The smallest absolute Gasteiger partial charge is 0.339 e. The van der Waals surface area contributed by atoms with E-state index in [0.29, 0.717) is 16.7 Å². The average Bonchev–Trinajstić information content (AvgIpc) is 2.67. The van der Waals surface area contributed by atoms with E-state index in [1.165, 1.54) is 14.0 Å². The van der Waals surface area contributed by atoms with Crippen LogP contribution in [-0.2, 0) is 9.53 Å². The van der Waals surface area contributed by atoms with Gasteiger partial charge in [0.15, 0.2) is 6.10 Å². The summed E-state index contributed by atoms with van der Waals surface area (Å²) in [6.45, 7) is 1.36. The molecule has 7 nitrogen and oxygen atoms in total. The minimum atomic E-state index is -1.17. The Morgan fingerprint density at radius 1 is 1.04 bits per heavy atom. The van der Waals surface area contributed by atoms with Crippen LogP contribution in [0.1, 0.15) is 22.8 Å². The van der Waals surface area contributed by atoms with E-state index in [9.17, 15) is 19.6 Å². The first-order valence-corrected chi connectivity index (χ1v) is 7.80. The zero-order valence-electron chi connectivity index (χ0n) is 14.3. The van der Waals surface area contributed by atoms with E-state index >= 15 is 0 Å². The van der Waals surface area contributed by atoms with Gasteiger partial charge in [0.2, 0.25) is 0 Å². The molecule has 0 saturated heterocycles. The fourth-order valence-corrected chi connectivity index (χ4v) is 2.27. The lowest BCUT2D eigenvalue weighted by Gasteiger charge is -2.15. The first-order valence-electron chi connectivity index (χ1n) is 7.80. The molecule has 0 radical (unpaired) electrons. The number of amides is 3. The third kappa shape index (κ3) is 4.24. The van der Waals surface area contributed by atoms with E-state index < -0.39 is 24.0 Å². The van der Waals surface area contributed by atoms with Gasteiger partial charge in [-0.3, -0.25) is 10.1 Å². The van der Waals surface area contributed by atoms with Gasteiger partial charge in [-0.15, -0.1) is 0 Å². The van der Waals surface area contributed by atoms with E-state index in [1.54, 1.807) is 48.5 Å². The van der Waals surface area contributed by atoms with Gasteiger partial charge in [0, 0.05) is 12.6 Å². The Hall–Kier alpha value is -3.66. The lowest BCUT2D eigenvalue weighted by molar-refractivity contribution is -0.127. The number of carbonyl (C=O) groups is 3. The van der Waals surface area contributed by atoms with Crippen LogP contribution < -0.4 is 10.6 Å². The van der Waals surface area contributed by atoms with Crippen molar-refractivity contribution in [1.82, 2.24) is 10.6 Å². The molecule has 1 atom stereocenters. The van der Waals surface area contributed by atoms with Crippen LogP contribution in [0.25, 0.3) is 11.1 Å². The Labute approximate surface area is 150 Å². The quantitative estimate of drug-likeness (QED) is 0.821. The average molecular weight is 351 g/mol. The molecule has 0 saturated carbocycles. The summed E-state index contributed by atoms with van der Waals surface area (Å²) < 4.78 is 5.17. The van der Waals surface area contributed by atoms with Gasteiger partial charge in [0.1, 0.15) is 0 Å². The predicted octanol–water partition coefficient (Wildman–Crippen LogP) is 2.23. The van der Waals surface area contributed by atoms with Gasteiger partial charge in [-0.25, -0.2) is 9.59 Å². The van der Waals surface area contributed by atoms with E-state index in [-0.39, 0.29) is 5.56 Å². The van der Waals surface area contributed by atoms with Gasteiger partial charge in [-0.1, -0.05) is 36.4 Å². The number of benzene rings is 2. The number of rotatable bonds is 4. The molecule has 0 bridgehead atoms. The molecule has 2 rings (SSSR count). The highest BCUT2D eigenvalue weighted by Crippen LogP contribution is 2.27. The van der Waals surface area contributed by atoms with Crippen molar-refractivity contribution in [3.05, 3.63) is 59.7 Å². The van der Waals surface area contributed by atoms with E-state index in [2.05, 4.69) is 11.4 Å². The highest BCUT2D eigenvalue weighted by atomic mass is 16.5. The lowest BCUT2D eigenvalue weighted by Crippen LogP contribution is -2.43. The largest absolute Gasteiger partial charge is 0.449 e. The fourth-order valence-electron chi connectivity index (χ4n) is 2.27. The van der Waals surface area contributed by atoms with Crippen LogP contribution in [0.4, 0.5) is 4.79 Å². The SMILES string of the molecule is CNC(=O)NC(=O)[C@H](C)OC(=O)c1ccccc1-c1ccccc1C#N. The number of nitrogens with zero attached hydrogens (tertiary/aromatic N) is 1. The van der Waals surface area contributed by atoms with Crippen LogP contribution >= 0.6 is 0 Å². The number of urea groups is 1. The van der Waals surface area contributed by atoms with Crippen LogP contribution in [-0.4, -0.2) is 31.1 Å². The molecular formula is C19H17N3O4. The Balaban J connectivity index is 2.27. The van der Waals surface area contributed by atoms with Gasteiger partial charge in [0.25, 0.3) is 5.91 Å². The molecular weight excluding hydrogens is 334 g/mol. The van der Waals surface area contributed by atoms with Crippen LogP contribution in [0, 0.1) is 11.3 Å². The molecule has 0 fully saturated rings. The Kier molecular flexibility index (Phi) is 6.06. The molecule has 2 aromatic rings. The minimum Gasteiger partial charge on any atom is -0.449 e. The van der Waals surface area contributed by atoms with Crippen molar-refractivity contribution in [2.75, 3.05) is 7.05 Å². The number of hydrogen-bond donors (Lipinski definition) is 2. The number of imide groups is 1. The molecule has 132 valence electrons. The zero-order valence-corrected chi connectivity index (χ0v) is 14.3. The van der Waals surface area contributed by atoms with Crippen molar-refractivity contribution < 1.29 is 19.1 Å². The van der Waals surface area contributed by atoms with Gasteiger partial charge < -0.3 is 10.1 Å². The first kappa shape index (κ1) is 18.7. The predicted molar refractivity (Wildman–Crippen MR) is 94.1 cm³/mol. The maximum absolute atomic E-state index is 12.5. The van der Waals surface area contributed by atoms with Crippen molar-refractivity contribution in [2.45, 2.75) is 13.0 Å². The highest BCUT2D eigenvalue weighted by Gasteiger charge is 2.22. The van der Waals surface area contributed by atoms with Crippen molar-refractivity contribution in [3.8, 4) is 17.2 Å². The standard InChI is InChI=1S/C19H17N3O4/c1-12(17(23)22-19(25)21-2)26-18(24)16-10-6-5-9-15(16)14-8-4-3-7-13(14)11-20/h3-10,12H,1-2H3,(H2,21,22,23,25)/t12-/m0/s1. The summed E-state index contributed by atoms with van der Waals surface area (Å²) in [5, 5.41) is 13.6. The van der Waals surface area contributed by atoms with E-state index in [0.717, 1.165) is 0 Å². The van der Waals surface area contributed by atoms with Gasteiger partial charge in [-0.05, 0) is 24.6 Å². The summed E-state index contributed by atoms with van der Waals surface area (Å²) in [5.74, 6) is -1.47. The van der Waals surface area contributed by atoms with Gasteiger partial charge in [-0.2, -0.15) is 5.26 Å². The molecule has 0 aromatic heterocycles. The maximum Gasteiger partial charge on any atom is 0.339 e. The normalized spacial score (nSPS) is 11.0. The van der Waals surface area contributed by atoms with E-state index in [4.69, 9.17) is 4.74 Å². The molecule has 0 unspecified atom stereocenters. The van der Waals surface area contributed by atoms with E-state index in [1.807, 2.05) is 5.32 Å². The van der Waals surface area contributed by atoms with Crippen LogP contribution in [0.15, 0.2) is 48.5 Å². The monoisotopic (exact) mass is 351 g/mol. The van der Waals surface area contributed by atoms with Crippen LogP contribution in [0.3, 0.4) is 0 Å². The number of ether oxygens (including phenoxy) is 1. The van der Waals surface area contributed by atoms with Crippen molar-refractivity contribution >= 4 is 17.9 Å². The molecule has 0 aliphatic carbocycles. The molecule has 0 aliphatic rings. The summed E-state index contributed by atoms with van der Waals surface area (Å²) in [6, 6.07) is 14.9. The van der Waals surface area contributed by atoms with Crippen LogP contribution in [0.5, 0.6) is 0 Å². The molecule has 2 aromatic carbocycles. The third-order valence-electron chi connectivity index (χ3n) is 3.60. The molecule has 3 amide bonds. The fraction of sp³-hybridized carbons (Fsp3) is 0.158. The number of carbonyl (C=O) groups excluding carboxylic acids is 3. The second-order valence-corrected chi connectivity index (χ2v) is 5.32. The number of hydrogen-bond acceptors (Lipinski definition) is 5. The summed E-state index contributed by atoms with van der Waals surface area (Å²) in [7, 11) is 1.36. The second kappa shape index (κ2) is 8.44. The Bertz CT molecular complexity index is 886. The van der Waals surface area contributed by atoms with Gasteiger partial charge >= 0.3 is 12.0 Å². The highest BCUT2D eigenvalue weighted by molar-refractivity contribution is 6.01. The van der Waals surface area contributed by atoms with Crippen molar-refractivity contribution in [3.63, 3.8) is 0 Å². The third-order valence-corrected chi connectivity index (χ3v) is 3.60. The van der Waals surface area contributed by atoms with Crippen molar-refractivity contribution in [2.24, 2.45) is 0 Å². The number of esters is 1. The first-order chi connectivity index (χ1) is 12.5. The molecule has 0 spiro atoms. The molecule has 26 heavy (non-hydrogen) atoms. The van der Waals surface area contributed by atoms with Gasteiger partial charge in [0.05, 0.1) is 17.2 Å². The Morgan fingerprint density at radius 3 is 2.31 bits per heavy atom. The molecule has 7 heteroatoms. The zero-order chi connectivity index (χ0) is 19.1. The second-order valence-electron chi connectivity index (χ2n) is 5.32. The topological polar surface area (TPSA) is 108 Å². The number of nitrogens with one attached hydrogen (secondary N) is 2.